The van der Waals surface area contributed by atoms with Crippen LogP contribution in [0, 0.1) is 17.5 Å². The van der Waals surface area contributed by atoms with Crippen LogP contribution >= 0.6 is 0 Å². The summed E-state index contributed by atoms with van der Waals surface area (Å²) in [4.78, 5) is 46.5. The van der Waals surface area contributed by atoms with E-state index in [1.54, 1.807) is 6.92 Å². The van der Waals surface area contributed by atoms with Gasteiger partial charge < -0.3 is 29.5 Å². The summed E-state index contributed by atoms with van der Waals surface area (Å²) in [7, 11) is 1.34. The number of aromatic hydroxyl groups is 1. The third-order valence-electron chi connectivity index (χ3n) is 7.09. The van der Waals surface area contributed by atoms with E-state index in [2.05, 4.69) is 10.5 Å². The molecule has 4 atom stereocenters. The number of fused-ring (bicyclic) bond motifs is 5. The van der Waals surface area contributed by atoms with Crippen molar-refractivity contribution in [2.24, 2.45) is 5.16 Å². The third-order valence-corrected chi connectivity index (χ3v) is 7.09. The van der Waals surface area contributed by atoms with Crippen molar-refractivity contribution in [2.75, 3.05) is 13.7 Å². The normalized spacial score (nSPS) is 26.7. The fourth-order valence-corrected chi connectivity index (χ4v) is 5.03. The first-order chi connectivity index (χ1) is 18.0. The van der Waals surface area contributed by atoms with E-state index in [-0.39, 0.29) is 30.6 Å². The fourth-order valence-electron chi connectivity index (χ4n) is 5.03. The molecule has 5 rings (SSSR count). The lowest BCUT2D eigenvalue weighted by molar-refractivity contribution is -0.0655. The van der Waals surface area contributed by atoms with Gasteiger partial charge in [0.2, 0.25) is 11.3 Å². The van der Waals surface area contributed by atoms with Crippen LogP contribution in [0.3, 0.4) is 0 Å². The number of benzene rings is 1. The Bertz CT molecular complexity index is 1430. The van der Waals surface area contributed by atoms with Gasteiger partial charge in [-0.3, -0.25) is 14.4 Å². The van der Waals surface area contributed by atoms with Crippen LogP contribution in [0.2, 0.25) is 0 Å². The van der Waals surface area contributed by atoms with E-state index in [0.717, 1.165) is 6.20 Å². The van der Waals surface area contributed by atoms with Crippen LogP contribution in [0.1, 0.15) is 60.0 Å². The molecule has 3 aliphatic heterocycles. The number of nitrogens with zero attached hydrogens (tertiary/aromatic N) is 3. The highest BCUT2D eigenvalue weighted by Gasteiger charge is 2.54. The van der Waals surface area contributed by atoms with Gasteiger partial charge >= 0.3 is 0 Å². The lowest BCUT2D eigenvalue weighted by atomic mass is 9.85. The van der Waals surface area contributed by atoms with Crippen LogP contribution in [0.15, 0.2) is 28.3 Å². The van der Waals surface area contributed by atoms with Gasteiger partial charge in [0.15, 0.2) is 17.0 Å². The Balaban J connectivity index is 1.57. The van der Waals surface area contributed by atoms with Gasteiger partial charge in [-0.25, -0.2) is 13.2 Å². The predicted octanol–water partition coefficient (Wildman–Crippen LogP) is 2.20. The summed E-state index contributed by atoms with van der Waals surface area (Å²) < 4.78 is 56.4. The Morgan fingerprint density at radius 2 is 2.05 bits per heavy atom. The highest BCUT2D eigenvalue weighted by Crippen LogP contribution is 2.46. The predicted molar refractivity (Wildman–Crippen MR) is 121 cm³/mol. The van der Waals surface area contributed by atoms with Gasteiger partial charge in [0, 0.05) is 44.4 Å². The van der Waals surface area contributed by atoms with Crippen LogP contribution in [-0.4, -0.2) is 57.6 Å². The molecule has 2 bridgehead atoms. The van der Waals surface area contributed by atoms with E-state index in [0.29, 0.717) is 18.6 Å². The Kier molecular flexibility index (Phi) is 5.57. The molecule has 2 N–H and O–H groups in total. The van der Waals surface area contributed by atoms with Crippen molar-refractivity contribution < 1.29 is 38.8 Å². The number of hydrogen-bond donors (Lipinski definition) is 2. The van der Waals surface area contributed by atoms with Crippen LogP contribution < -0.4 is 10.7 Å². The first-order valence-electron chi connectivity index (χ1n) is 12.0. The number of hydrogen-bond acceptors (Lipinski definition) is 7. The molecular formula is C24H23F3N4O6. The minimum atomic E-state index is -1.35. The van der Waals surface area contributed by atoms with Gasteiger partial charge in [0.05, 0.1) is 19.5 Å². The summed E-state index contributed by atoms with van der Waals surface area (Å²) in [5.74, 6) is -6.33. The molecule has 0 radical (unpaired) electrons. The van der Waals surface area contributed by atoms with Crippen LogP contribution in [-0.2, 0) is 16.1 Å². The van der Waals surface area contributed by atoms with Crippen LogP contribution in [0.4, 0.5) is 13.2 Å². The molecule has 196 valence electrons. The number of pyridine rings is 1. The topological polar surface area (TPSA) is 122 Å². The molecule has 1 spiro atoms. The van der Waals surface area contributed by atoms with E-state index in [9.17, 15) is 32.7 Å². The number of oxime groups is 1. The lowest BCUT2D eigenvalue weighted by Gasteiger charge is -2.41. The second kappa shape index (κ2) is 8.82. The maximum absolute atomic E-state index is 14.0. The summed E-state index contributed by atoms with van der Waals surface area (Å²) in [6, 6.07) is -0.283. The highest BCUT2D eigenvalue weighted by atomic mass is 19.1. The van der Waals surface area contributed by atoms with Crippen molar-refractivity contribution in [3.63, 3.8) is 0 Å². The number of halogens is 3. The molecule has 13 heteroatoms. The zero-order chi connectivity index (χ0) is 27.5. The van der Waals surface area contributed by atoms with E-state index >= 15 is 0 Å². The van der Waals surface area contributed by atoms with Crippen molar-refractivity contribution in [1.29, 1.82) is 0 Å². The van der Waals surface area contributed by atoms with E-state index in [1.807, 2.05) is 0 Å². The molecule has 2 amide bonds. The Morgan fingerprint density at radius 1 is 1.35 bits per heavy atom. The maximum atomic E-state index is 14.0. The smallest absolute Gasteiger partial charge is 0.274 e. The number of aromatic nitrogens is 1. The van der Waals surface area contributed by atoms with Crippen LogP contribution in [0.5, 0.6) is 5.75 Å². The number of amides is 2. The largest absolute Gasteiger partial charge is 0.503 e. The second-order valence-electron chi connectivity index (χ2n) is 9.19. The van der Waals surface area contributed by atoms with Gasteiger partial charge in [-0.2, -0.15) is 0 Å². The molecule has 1 unspecified atom stereocenters. The third kappa shape index (κ3) is 3.89. The Labute approximate surface area is 209 Å². The summed E-state index contributed by atoms with van der Waals surface area (Å²) >= 11 is 0. The zero-order valence-electron chi connectivity index (χ0n) is 20.8. The Morgan fingerprint density at radius 3 is 2.70 bits per heavy atom. The molecule has 10 nitrogen and oxygen atoms in total. The van der Waals surface area contributed by atoms with Crippen molar-refractivity contribution in [2.45, 2.75) is 50.4 Å². The average Bonchev–Trinajstić information content (AvgIpc) is 3.12. The molecule has 1 aromatic heterocycles. The SMILES string of the molecule is [2H]C1C(OC)=NO[C@@]12CC[C@H](C)N1C[C@H]2n2cc(C(=O)NCc3c(F)cc(F)cc3F)c(=O)c(O)c2C1=O. The fraction of sp³-hybridized carbons (Fsp3) is 0.417. The van der Waals surface area contributed by atoms with Crippen molar-refractivity contribution >= 4 is 17.7 Å². The average molecular weight is 521 g/mol. The van der Waals surface area contributed by atoms with Gasteiger partial charge in [0.1, 0.15) is 23.0 Å². The number of carbonyl (C=O) groups excluding carboxylic acids is 2. The first kappa shape index (κ1) is 23.4. The summed E-state index contributed by atoms with van der Waals surface area (Å²) in [5.41, 5.74) is -4.15. The maximum Gasteiger partial charge on any atom is 0.274 e. The van der Waals surface area contributed by atoms with E-state index in [4.69, 9.17) is 10.9 Å². The minimum Gasteiger partial charge on any atom is -0.503 e. The standard InChI is InChI=1S/C24H23F3N4O6/c1-11-3-4-24(7-18(36-2)29-37-24)17-10-30(11)23(35)19-21(33)20(32)14(9-31(17)19)22(34)28-8-13-15(26)5-12(25)6-16(13)27/h5-6,9,11,17,33H,3-4,7-8,10H2,1-2H3,(H,28,34)/t11-,17+,24-/m0/s1/i7D/t7?,11-,17+,24-. The minimum absolute atomic E-state index is 0.0103. The highest BCUT2D eigenvalue weighted by molar-refractivity contribution is 5.99. The van der Waals surface area contributed by atoms with Crippen molar-refractivity contribution in [3.05, 3.63) is 62.8 Å². The second-order valence-corrected chi connectivity index (χ2v) is 9.19. The van der Waals surface area contributed by atoms with Gasteiger partial charge in [0.25, 0.3) is 11.8 Å². The molecule has 4 heterocycles. The van der Waals surface area contributed by atoms with Crippen LogP contribution in [0.25, 0.3) is 0 Å². The van der Waals surface area contributed by atoms with Gasteiger partial charge in [-0.15, -0.1) is 0 Å². The number of ether oxygens (including phenoxy) is 1. The van der Waals surface area contributed by atoms with E-state index < -0.39 is 76.2 Å². The number of rotatable bonds is 3. The molecule has 1 fully saturated rings. The Hall–Kier alpha value is -4.03. The first-order valence-corrected chi connectivity index (χ1v) is 11.4. The molecule has 1 saturated heterocycles. The van der Waals surface area contributed by atoms with Crippen molar-refractivity contribution in [3.8, 4) is 5.75 Å². The molecule has 0 saturated carbocycles. The molecule has 3 aliphatic rings. The quantitative estimate of drug-likeness (QED) is 0.639. The monoisotopic (exact) mass is 521 g/mol. The molecule has 0 aliphatic carbocycles. The number of methoxy groups -OCH3 is 1. The molecular weight excluding hydrogens is 497 g/mol. The summed E-state index contributed by atoms with van der Waals surface area (Å²) in [5, 5.41) is 16.9. The summed E-state index contributed by atoms with van der Waals surface area (Å²) in [6.07, 6.45) is 0.632. The zero-order valence-corrected chi connectivity index (χ0v) is 19.8. The van der Waals surface area contributed by atoms with Gasteiger partial charge in [-0.05, 0) is 19.8 Å². The lowest BCUT2D eigenvalue weighted by Crippen LogP contribution is -2.52. The van der Waals surface area contributed by atoms with Gasteiger partial charge in [-0.1, -0.05) is 5.16 Å². The summed E-state index contributed by atoms with van der Waals surface area (Å²) in [6.45, 7) is 1.10. The van der Waals surface area contributed by atoms with Crippen molar-refractivity contribution in [1.82, 2.24) is 14.8 Å². The number of carbonyl (C=O) groups is 2. The van der Waals surface area contributed by atoms with E-state index in [1.165, 1.54) is 16.6 Å². The molecule has 37 heavy (non-hydrogen) atoms. The molecule has 1 aromatic carbocycles. The number of nitrogens with one attached hydrogen (secondary N) is 1. The molecule has 2 aromatic rings.